The molecule has 8 aromatic rings. The zero-order chi connectivity index (χ0) is 32.3. The van der Waals surface area contributed by atoms with Gasteiger partial charge in [0.15, 0.2) is 11.6 Å². The lowest BCUT2D eigenvalue weighted by Gasteiger charge is -2.42. The fraction of sp³-hybridized carbons (Fsp3) is 0.0667. The highest BCUT2D eigenvalue weighted by Gasteiger charge is 2.37. The summed E-state index contributed by atoms with van der Waals surface area (Å²) < 4.78 is 0. The van der Waals surface area contributed by atoms with E-state index in [0.717, 1.165) is 32.8 Å². The highest BCUT2D eigenvalue weighted by molar-refractivity contribution is 6.42. The SMILES string of the molecule is CC1(C)c2ccccc2N(c2ccc3c4ccc(C=C5C(=O)c6ccccc6C5=O)c5cccc(c6cccc2c63)c54)c2ccccc21. The number of benzene rings is 8. The van der Waals surface area contributed by atoms with Gasteiger partial charge in [0.05, 0.1) is 22.6 Å². The van der Waals surface area contributed by atoms with Gasteiger partial charge in [0, 0.05) is 21.9 Å². The van der Waals surface area contributed by atoms with Gasteiger partial charge in [-0.25, -0.2) is 0 Å². The third kappa shape index (κ3) is 3.43. The molecule has 0 unspecified atom stereocenters. The van der Waals surface area contributed by atoms with E-state index < -0.39 is 0 Å². The first-order chi connectivity index (χ1) is 23.4. The first-order valence-corrected chi connectivity index (χ1v) is 16.4. The lowest BCUT2D eigenvalue weighted by atomic mass is 9.73. The largest absolute Gasteiger partial charge is 0.309 e. The van der Waals surface area contributed by atoms with Gasteiger partial charge in [-0.2, -0.15) is 0 Å². The van der Waals surface area contributed by atoms with Crippen molar-refractivity contribution >= 4 is 77.8 Å². The van der Waals surface area contributed by atoms with Gasteiger partial charge in [-0.15, -0.1) is 0 Å². The van der Waals surface area contributed by atoms with Crippen molar-refractivity contribution in [3.8, 4) is 0 Å². The average Bonchev–Trinajstić information content (AvgIpc) is 3.36. The molecule has 0 atom stereocenters. The van der Waals surface area contributed by atoms with Crippen LogP contribution in [0, 0.1) is 0 Å². The van der Waals surface area contributed by atoms with Crippen LogP contribution >= 0.6 is 0 Å². The van der Waals surface area contributed by atoms with Crippen LogP contribution in [0.15, 0.2) is 139 Å². The minimum Gasteiger partial charge on any atom is -0.309 e. The molecule has 0 aromatic heterocycles. The van der Waals surface area contributed by atoms with Crippen LogP contribution in [-0.4, -0.2) is 11.6 Å². The Morgan fingerprint density at radius 3 is 1.56 bits per heavy atom. The second-order valence-corrected chi connectivity index (χ2v) is 13.5. The van der Waals surface area contributed by atoms with E-state index in [4.69, 9.17) is 0 Å². The molecule has 0 amide bonds. The van der Waals surface area contributed by atoms with E-state index in [1.165, 1.54) is 44.0 Å². The first kappa shape index (κ1) is 27.1. The van der Waals surface area contributed by atoms with Crippen LogP contribution in [-0.2, 0) is 5.41 Å². The van der Waals surface area contributed by atoms with Crippen molar-refractivity contribution in [2.24, 2.45) is 0 Å². The molecule has 226 valence electrons. The Balaban J connectivity index is 1.23. The maximum atomic E-state index is 13.3. The Morgan fingerprint density at radius 1 is 0.458 bits per heavy atom. The third-order valence-electron chi connectivity index (χ3n) is 10.8. The van der Waals surface area contributed by atoms with E-state index in [1.54, 1.807) is 18.2 Å². The molecule has 0 spiro atoms. The molecular formula is C45H29NO2. The molecule has 3 heteroatoms. The Hall–Kier alpha value is -6.06. The number of hydrogen-bond donors (Lipinski definition) is 0. The molecule has 0 radical (unpaired) electrons. The van der Waals surface area contributed by atoms with Crippen molar-refractivity contribution in [1.29, 1.82) is 0 Å². The van der Waals surface area contributed by atoms with Crippen molar-refractivity contribution in [3.63, 3.8) is 0 Å². The van der Waals surface area contributed by atoms with E-state index in [0.29, 0.717) is 11.1 Å². The molecule has 0 bridgehead atoms. The minimum atomic E-state index is -0.206. The summed E-state index contributed by atoms with van der Waals surface area (Å²) in [7, 11) is 0. The van der Waals surface area contributed by atoms with E-state index in [-0.39, 0.29) is 22.6 Å². The number of fused-ring (bicyclic) bond motifs is 5. The highest BCUT2D eigenvalue weighted by atomic mass is 16.2. The summed E-state index contributed by atoms with van der Waals surface area (Å²) in [5.41, 5.74) is 8.11. The van der Waals surface area contributed by atoms with E-state index >= 15 is 0 Å². The number of carbonyl (C=O) groups excluding carboxylic acids is 2. The zero-order valence-corrected chi connectivity index (χ0v) is 26.5. The summed E-state index contributed by atoms with van der Waals surface area (Å²) >= 11 is 0. The molecule has 0 N–H and O–H groups in total. The smallest absolute Gasteiger partial charge is 0.197 e. The van der Waals surface area contributed by atoms with Crippen molar-refractivity contribution in [2.45, 2.75) is 19.3 Å². The summed E-state index contributed by atoms with van der Waals surface area (Å²) in [5, 5.41) is 9.29. The highest BCUT2D eigenvalue weighted by Crippen LogP contribution is 2.54. The molecule has 2 aliphatic rings. The number of carbonyl (C=O) groups is 2. The Labute approximate surface area is 277 Å². The Bertz CT molecular complexity index is 2640. The molecule has 1 aliphatic heterocycles. The molecular weight excluding hydrogens is 587 g/mol. The molecule has 1 aliphatic carbocycles. The Morgan fingerprint density at radius 2 is 0.938 bits per heavy atom. The predicted molar refractivity (Wildman–Crippen MR) is 198 cm³/mol. The summed E-state index contributed by atoms with van der Waals surface area (Å²) in [4.78, 5) is 29.0. The molecule has 10 rings (SSSR count). The van der Waals surface area contributed by atoms with Crippen LogP contribution in [0.1, 0.15) is 51.3 Å². The molecule has 0 fully saturated rings. The number of nitrogens with zero attached hydrogens (tertiary/aromatic N) is 1. The maximum Gasteiger partial charge on any atom is 0.197 e. The van der Waals surface area contributed by atoms with Crippen molar-refractivity contribution < 1.29 is 9.59 Å². The number of hydrogen-bond acceptors (Lipinski definition) is 3. The summed E-state index contributed by atoms with van der Waals surface area (Å²) in [5.74, 6) is -0.411. The topological polar surface area (TPSA) is 37.4 Å². The van der Waals surface area contributed by atoms with Gasteiger partial charge in [-0.1, -0.05) is 129 Å². The molecule has 0 saturated heterocycles. The zero-order valence-electron chi connectivity index (χ0n) is 26.5. The third-order valence-corrected chi connectivity index (χ3v) is 10.8. The minimum absolute atomic E-state index is 0.131. The Kier molecular flexibility index (Phi) is 5.36. The van der Waals surface area contributed by atoms with Crippen LogP contribution in [0.4, 0.5) is 17.1 Å². The van der Waals surface area contributed by atoms with Crippen LogP contribution < -0.4 is 4.90 Å². The summed E-state index contributed by atoms with van der Waals surface area (Å²) in [6, 6.07) is 46.5. The number of anilines is 3. The normalized spacial score (nSPS) is 15.0. The van der Waals surface area contributed by atoms with Gasteiger partial charge in [-0.05, 0) is 78.7 Å². The number of allylic oxidation sites excluding steroid dienone is 1. The van der Waals surface area contributed by atoms with Crippen LogP contribution in [0.2, 0.25) is 0 Å². The van der Waals surface area contributed by atoms with Crippen LogP contribution in [0.25, 0.3) is 49.2 Å². The average molecular weight is 616 g/mol. The molecule has 0 saturated carbocycles. The van der Waals surface area contributed by atoms with Crippen molar-refractivity contribution in [3.05, 3.63) is 167 Å². The molecule has 1 heterocycles. The molecule has 3 nitrogen and oxygen atoms in total. The standard InChI is InChI=1S/C45H29NO2/c1-45(2)36-17-5-7-19-39(36)46(40-20-8-6-18-37(40)45)38-24-23-31-30-22-21-26(25-35-43(47)32-11-3-4-12-33(32)44(35)48)27-13-9-14-28(41(27)30)29-15-10-16-34(38)42(29)31/h3-25H,1-2H3. The fourth-order valence-electron chi connectivity index (χ4n) is 8.53. The quantitative estimate of drug-likeness (QED) is 0.0840. The second-order valence-electron chi connectivity index (χ2n) is 13.5. The van der Waals surface area contributed by atoms with Gasteiger partial charge in [0.1, 0.15) is 0 Å². The van der Waals surface area contributed by atoms with Crippen molar-refractivity contribution in [2.75, 3.05) is 4.90 Å². The number of ketones is 2. The second kappa shape index (κ2) is 9.49. The van der Waals surface area contributed by atoms with Gasteiger partial charge < -0.3 is 4.90 Å². The lowest BCUT2D eigenvalue weighted by Crippen LogP contribution is -2.30. The number of para-hydroxylation sites is 2. The molecule has 48 heavy (non-hydrogen) atoms. The fourth-order valence-corrected chi connectivity index (χ4v) is 8.53. The van der Waals surface area contributed by atoms with Gasteiger partial charge >= 0.3 is 0 Å². The van der Waals surface area contributed by atoms with Gasteiger partial charge in [0.2, 0.25) is 0 Å². The maximum absolute atomic E-state index is 13.3. The summed E-state index contributed by atoms with van der Waals surface area (Å²) in [6.45, 7) is 4.64. The molecule has 8 aromatic carbocycles. The van der Waals surface area contributed by atoms with E-state index in [2.05, 4.69) is 128 Å². The van der Waals surface area contributed by atoms with E-state index in [1.807, 2.05) is 12.1 Å². The first-order valence-electron chi connectivity index (χ1n) is 16.4. The monoisotopic (exact) mass is 615 g/mol. The number of rotatable bonds is 2. The lowest BCUT2D eigenvalue weighted by molar-refractivity contribution is 0.0990. The van der Waals surface area contributed by atoms with Crippen LogP contribution in [0.5, 0.6) is 0 Å². The van der Waals surface area contributed by atoms with Gasteiger partial charge in [-0.3, -0.25) is 9.59 Å². The summed E-state index contributed by atoms with van der Waals surface area (Å²) in [6.07, 6.45) is 1.79. The van der Waals surface area contributed by atoms with Crippen LogP contribution in [0.3, 0.4) is 0 Å². The van der Waals surface area contributed by atoms with Gasteiger partial charge in [0.25, 0.3) is 0 Å². The predicted octanol–water partition coefficient (Wildman–Crippen LogP) is 11.3. The van der Waals surface area contributed by atoms with Crippen molar-refractivity contribution in [1.82, 2.24) is 0 Å². The van der Waals surface area contributed by atoms with E-state index in [9.17, 15) is 9.59 Å². The number of Topliss-reactive ketones (excluding diaryl/α,β-unsaturated/α-hetero) is 2.